The zero-order valence-corrected chi connectivity index (χ0v) is 9.01. The van der Waals surface area contributed by atoms with E-state index in [1.807, 2.05) is 0 Å². The minimum absolute atomic E-state index is 1.08. The average molecular weight is 170 g/mol. The van der Waals surface area contributed by atoms with E-state index < -0.39 is 0 Å². The molecule has 1 unspecified atom stereocenters. The third-order valence-electron chi connectivity index (χ3n) is 1.56. The zero-order chi connectivity index (χ0) is 8.69. The van der Waals surface area contributed by atoms with Crippen molar-refractivity contribution in [2.24, 2.45) is 0 Å². The zero-order valence-electron chi connectivity index (χ0n) is 7.85. The van der Waals surface area contributed by atoms with Crippen LogP contribution in [0.4, 0.5) is 0 Å². The number of allylic oxidation sites excluding steroid dienone is 4. The number of rotatable bonds is 4. The van der Waals surface area contributed by atoms with Crippen LogP contribution in [-0.4, -0.2) is 6.16 Å². The Labute approximate surface area is 73.0 Å². The van der Waals surface area contributed by atoms with Gasteiger partial charge in [0.05, 0.1) is 0 Å². The summed E-state index contributed by atoms with van der Waals surface area (Å²) in [6.45, 7) is 6.49. The van der Waals surface area contributed by atoms with Crippen LogP contribution in [0.5, 0.6) is 0 Å². The molecule has 0 saturated heterocycles. The molecule has 64 valence electrons. The summed E-state index contributed by atoms with van der Waals surface area (Å²) in [6.07, 6.45) is 8.04. The van der Waals surface area contributed by atoms with Gasteiger partial charge >= 0.3 is 0 Å². The van der Waals surface area contributed by atoms with Gasteiger partial charge < -0.3 is 0 Å². The lowest BCUT2D eigenvalue weighted by Gasteiger charge is -1.96. The third kappa shape index (κ3) is 7.81. The molecule has 0 amide bonds. The van der Waals surface area contributed by atoms with Crippen LogP contribution >= 0.6 is 9.24 Å². The van der Waals surface area contributed by atoms with E-state index in [0.717, 1.165) is 6.16 Å². The normalized spacial score (nSPS) is 11.5. The third-order valence-corrected chi connectivity index (χ3v) is 1.79. The molecule has 0 rings (SSSR count). The lowest BCUT2D eigenvalue weighted by atomic mass is 10.1. The Morgan fingerprint density at radius 3 is 2.27 bits per heavy atom. The molecule has 0 aromatic heterocycles. The molecule has 1 heteroatoms. The quantitative estimate of drug-likeness (QED) is 0.447. The van der Waals surface area contributed by atoms with Crippen LogP contribution in [0.1, 0.15) is 33.6 Å². The Balaban J connectivity index is 3.54. The highest BCUT2D eigenvalue weighted by Crippen LogP contribution is 2.06. The van der Waals surface area contributed by atoms with Crippen LogP contribution in [-0.2, 0) is 0 Å². The van der Waals surface area contributed by atoms with Crippen LogP contribution in [0.3, 0.4) is 0 Å². The second-order valence-electron chi connectivity index (χ2n) is 3.11. The summed E-state index contributed by atoms with van der Waals surface area (Å²) in [6, 6.07) is 0. The summed E-state index contributed by atoms with van der Waals surface area (Å²) in [7, 11) is 2.72. The Morgan fingerprint density at radius 2 is 1.82 bits per heavy atom. The van der Waals surface area contributed by atoms with Crippen molar-refractivity contribution in [1.82, 2.24) is 0 Å². The fourth-order valence-corrected chi connectivity index (χ4v) is 1.29. The van der Waals surface area contributed by atoms with Crippen LogP contribution in [0.25, 0.3) is 0 Å². The van der Waals surface area contributed by atoms with Crippen molar-refractivity contribution in [3.05, 3.63) is 23.3 Å². The SMILES string of the molecule is CC(C)=CCC/C(C)=C/CP. The summed E-state index contributed by atoms with van der Waals surface area (Å²) in [5.41, 5.74) is 2.92. The van der Waals surface area contributed by atoms with Gasteiger partial charge in [0.25, 0.3) is 0 Å². The summed E-state index contributed by atoms with van der Waals surface area (Å²) >= 11 is 0. The Bertz CT molecular complexity index is 150. The van der Waals surface area contributed by atoms with Gasteiger partial charge in [-0.25, -0.2) is 0 Å². The smallest absolute Gasteiger partial charge is 0.0197 e. The maximum atomic E-state index is 2.72. The van der Waals surface area contributed by atoms with Crippen LogP contribution in [0.2, 0.25) is 0 Å². The van der Waals surface area contributed by atoms with Crippen molar-refractivity contribution in [2.75, 3.05) is 6.16 Å². The molecule has 1 atom stereocenters. The van der Waals surface area contributed by atoms with Gasteiger partial charge in [0.2, 0.25) is 0 Å². The van der Waals surface area contributed by atoms with Crippen molar-refractivity contribution >= 4 is 9.24 Å². The minimum Gasteiger partial charge on any atom is -0.134 e. The predicted molar refractivity (Wildman–Crippen MR) is 57.0 cm³/mol. The van der Waals surface area contributed by atoms with Crippen molar-refractivity contribution in [3.63, 3.8) is 0 Å². The molecule has 0 aliphatic carbocycles. The minimum atomic E-state index is 1.08. The fourth-order valence-electron chi connectivity index (χ4n) is 0.892. The standard InChI is InChI=1S/C10H19P/c1-9(2)5-4-6-10(3)7-8-11/h5,7H,4,6,8,11H2,1-3H3/b10-7+. The Hall–Kier alpha value is -0.0900. The van der Waals surface area contributed by atoms with E-state index in [1.54, 1.807) is 0 Å². The lowest BCUT2D eigenvalue weighted by Crippen LogP contribution is -1.77. The largest absolute Gasteiger partial charge is 0.134 e. The number of hydrogen-bond donors (Lipinski definition) is 0. The van der Waals surface area contributed by atoms with E-state index in [4.69, 9.17) is 0 Å². The second kappa shape index (κ2) is 6.61. The molecule has 0 aromatic rings. The topological polar surface area (TPSA) is 0 Å². The van der Waals surface area contributed by atoms with E-state index in [9.17, 15) is 0 Å². The van der Waals surface area contributed by atoms with E-state index >= 15 is 0 Å². The molecule has 11 heavy (non-hydrogen) atoms. The highest BCUT2D eigenvalue weighted by Gasteiger charge is 1.86. The molecule has 0 fully saturated rings. The van der Waals surface area contributed by atoms with Gasteiger partial charge in [0, 0.05) is 0 Å². The molecular weight excluding hydrogens is 151 g/mol. The molecule has 0 bridgehead atoms. The summed E-state index contributed by atoms with van der Waals surface area (Å²) in [4.78, 5) is 0. The highest BCUT2D eigenvalue weighted by molar-refractivity contribution is 7.16. The highest BCUT2D eigenvalue weighted by atomic mass is 31.0. The van der Waals surface area contributed by atoms with E-state index in [2.05, 4.69) is 42.2 Å². The maximum Gasteiger partial charge on any atom is -0.0197 e. The lowest BCUT2D eigenvalue weighted by molar-refractivity contribution is 0.964. The monoisotopic (exact) mass is 170 g/mol. The predicted octanol–water partition coefficient (Wildman–Crippen LogP) is 3.55. The van der Waals surface area contributed by atoms with E-state index in [0.29, 0.717) is 0 Å². The van der Waals surface area contributed by atoms with Crippen LogP contribution in [0, 0.1) is 0 Å². The van der Waals surface area contributed by atoms with Crippen molar-refractivity contribution < 1.29 is 0 Å². The van der Waals surface area contributed by atoms with Crippen molar-refractivity contribution in [3.8, 4) is 0 Å². The number of hydrogen-bond acceptors (Lipinski definition) is 0. The van der Waals surface area contributed by atoms with Gasteiger partial charge in [-0.3, -0.25) is 0 Å². The summed E-state index contributed by atoms with van der Waals surface area (Å²) in [5, 5.41) is 0. The second-order valence-corrected chi connectivity index (χ2v) is 3.58. The van der Waals surface area contributed by atoms with Gasteiger partial charge in [0.1, 0.15) is 0 Å². The maximum absolute atomic E-state index is 2.72. The molecule has 0 aromatic carbocycles. The fraction of sp³-hybridized carbons (Fsp3) is 0.600. The first kappa shape index (κ1) is 10.9. The van der Waals surface area contributed by atoms with Crippen LogP contribution < -0.4 is 0 Å². The summed E-state index contributed by atoms with van der Waals surface area (Å²) in [5.74, 6) is 0. The molecule has 0 N–H and O–H groups in total. The van der Waals surface area contributed by atoms with Gasteiger partial charge in [0.15, 0.2) is 0 Å². The van der Waals surface area contributed by atoms with Gasteiger partial charge in [-0.15, -0.1) is 9.24 Å². The Morgan fingerprint density at radius 1 is 1.18 bits per heavy atom. The Kier molecular flexibility index (Phi) is 6.56. The molecule has 0 radical (unpaired) electrons. The van der Waals surface area contributed by atoms with Gasteiger partial charge in [-0.1, -0.05) is 23.3 Å². The van der Waals surface area contributed by atoms with Gasteiger partial charge in [-0.05, 0) is 39.8 Å². The summed E-state index contributed by atoms with van der Waals surface area (Å²) < 4.78 is 0. The van der Waals surface area contributed by atoms with E-state index in [-0.39, 0.29) is 0 Å². The molecule has 0 spiro atoms. The average Bonchev–Trinajstić information content (AvgIpc) is 1.87. The first-order valence-electron chi connectivity index (χ1n) is 4.16. The molecular formula is C10H19P. The first-order valence-corrected chi connectivity index (χ1v) is 4.97. The molecule has 0 saturated carbocycles. The first-order chi connectivity index (χ1) is 5.16. The van der Waals surface area contributed by atoms with E-state index in [1.165, 1.54) is 24.0 Å². The van der Waals surface area contributed by atoms with Crippen molar-refractivity contribution in [1.29, 1.82) is 0 Å². The van der Waals surface area contributed by atoms with Gasteiger partial charge in [-0.2, -0.15) is 0 Å². The van der Waals surface area contributed by atoms with Crippen LogP contribution in [0.15, 0.2) is 23.3 Å². The molecule has 0 aliphatic heterocycles. The van der Waals surface area contributed by atoms with Crippen molar-refractivity contribution in [2.45, 2.75) is 33.6 Å². The molecule has 0 heterocycles. The molecule has 0 nitrogen and oxygen atoms in total. The molecule has 0 aliphatic rings.